The van der Waals surface area contributed by atoms with Crippen molar-refractivity contribution in [2.24, 2.45) is 0 Å². The van der Waals surface area contributed by atoms with Crippen LogP contribution in [-0.2, 0) is 9.84 Å². The number of aromatic nitrogens is 3. The first-order valence-electron chi connectivity index (χ1n) is 10.3. The van der Waals surface area contributed by atoms with Gasteiger partial charge < -0.3 is 4.74 Å². The van der Waals surface area contributed by atoms with Crippen LogP contribution < -0.4 is 4.74 Å². The minimum atomic E-state index is -3.28. The second-order valence-electron chi connectivity index (χ2n) is 8.13. The average molecular weight is 434 g/mol. The van der Waals surface area contributed by atoms with E-state index in [-0.39, 0.29) is 10.5 Å². The third-order valence-corrected chi connectivity index (χ3v) is 7.01. The summed E-state index contributed by atoms with van der Waals surface area (Å²) >= 11 is 0. The molecule has 158 valence electrons. The lowest BCUT2D eigenvalue weighted by Gasteiger charge is -2.16. The van der Waals surface area contributed by atoms with Crippen LogP contribution >= 0.6 is 0 Å². The van der Waals surface area contributed by atoms with Gasteiger partial charge in [0.05, 0.1) is 11.1 Å². The van der Waals surface area contributed by atoms with E-state index in [0.717, 1.165) is 47.3 Å². The van der Waals surface area contributed by atoms with Crippen LogP contribution in [0, 0.1) is 0 Å². The van der Waals surface area contributed by atoms with Gasteiger partial charge in [0.2, 0.25) is 0 Å². The molecule has 0 radical (unpaired) electrons. The molecule has 0 aliphatic heterocycles. The predicted octanol–water partition coefficient (Wildman–Crippen LogP) is 4.79. The standard InChI is InChI=1S/C24H23N3O3S/c1-3-24(11-12-24)30-20-9-7-17(8-10-20)19-14-25-23-22(15-26-27(23)16-19)18-5-4-6-21(13-18)31(2,28)29/h4-10,13-16H,3,11-12H2,1-2H3. The zero-order chi connectivity index (χ0) is 21.6. The van der Waals surface area contributed by atoms with Crippen molar-refractivity contribution >= 4 is 15.5 Å². The van der Waals surface area contributed by atoms with Crippen LogP contribution in [0.5, 0.6) is 5.75 Å². The number of rotatable bonds is 6. The molecular weight excluding hydrogens is 410 g/mol. The highest BCUT2D eigenvalue weighted by atomic mass is 32.2. The molecule has 2 aromatic heterocycles. The van der Waals surface area contributed by atoms with Crippen LogP contribution in [0.4, 0.5) is 0 Å². The van der Waals surface area contributed by atoms with Crippen LogP contribution in [0.1, 0.15) is 26.2 Å². The van der Waals surface area contributed by atoms with E-state index in [9.17, 15) is 8.42 Å². The first-order chi connectivity index (χ1) is 14.9. The zero-order valence-electron chi connectivity index (χ0n) is 17.4. The summed E-state index contributed by atoms with van der Waals surface area (Å²) in [4.78, 5) is 4.89. The summed E-state index contributed by atoms with van der Waals surface area (Å²) in [5.41, 5.74) is 4.24. The van der Waals surface area contributed by atoms with Crippen molar-refractivity contribution in [2.75, 3.05) is 6.26 Å². The van der Waals surface area contributed by atoms with Crippen molar-refractivity contribution in [2.45, 2.75) is 36.7 Å². The molecule has 31 heavy (non-hydrogen) atoms. The monoisotopic (exact) mass is 433 g/mol. The minimum Gasteiger partial charge on any atom is -0.487 e. The number of nitrogens with zero attached hydrogens (tertiary/aromatic N) is 3. The fraction of sp³-hybridized carbons (Fsp3) is 0.250. The predicted molar refractivity (Wildman–Crippen MR) is 120 cm³/mol. The van der Waals surface area contributed by atoms with Crippen LogP contribution in [-0.4, -0.2) is 34.9 Å². The molecule has 1 aliphatic rings. The Morgan fingerprint density at radius 3 is 2.48 bits per heavy atom. The van der Waals surface area contributed by atoms with Gasteiger partial charge >= 0.3 is 0 Å². The van der Waals surface area contributed by atoms with Gasteiger partial charge in [-0.05, 0) is 54.7 Å². The lowest BCUT2D eigenvalue weighted by molar-refractivity contribution is 0.174. The molecular formula is C24H23N3O3S. The summed E-state index contributed by atoms with van der Waals surface area (Å²) in [5.74, 6) is 0.893. The molecule has 4 aromatic rings. The summed E-state index contributed by atoms with van der Waals surface area (Å²) in [5, 5.41) is 4.44. The number of hydrogen-bond acceptors (Lipinski definition) is 5. The lowest BCUT2D eigenvalue weighted by Crippen LogP contribution is -2.16. The number of benzene rings is 2. The number of hydrogen-bond donors (Lipinski definition) is 0. The van der Waals surface area contributed by atoms with Gasteiger partial charge in [-0.3, -0.25) is 0 Å². The average Bonchev–Trinajstić information content (AvgIpc) is 3.42. The summed E-state index contributed by atoms with van der Waals surface area (Å²) in [6.07, 6.45) is 9.94. The van der Waals surface area contributed by atoms with E-state index in [1.54, 1.807) is 28.9 Å². The van der Waals surface area contributed by atoms with Gasteiger partial charge in [0, 0.05) is 29.8 Å². The highest BCUT2D eigenvalue weighted by Crippen LogP contribution is 2.43. The van der Waals surface area contributed by atoms with Crippen LogP contribution in [0.15, 0.2) is 72.0 Å². The van der Waals surface area contributed by atoms with E-state index in [1.165, 1.54) is 6.26 Å². The topological polar surface area (TPSA) is 73.6 Å². The largest absolute Gasteiger partial charge is 0.487 e. The van der Waals surface area contributed by atoms with Gasteiger partial charge in [-0.15, -0.1) is 0 Å². The Morgan fingerprint density at radius 2 is 1.81 bits per heavy atom. The third kappa shape index (κ3) is 3.81. The summed E-state index contributed by atoms with van der Waals surface area (Å²) in [6, 6.07) is 14.9. The molecule has 0 spiro atoms. The van der Waals surface area contributed by atoms with Crippen molar-refractivity contribution in [1.82, 2.24) is 14.6 Å². The van der Waals surface area contributed by atoms with Crippen molar-refractivity contribution in [3.05, 3.63) is 67.1 Å². The van der Waals surface area contributed by atoms with E-state index in [0.29, 0.717) is 5.65 Å². The Bertz CT molecular complexity index is 1370. The first kappa shape index (κ1) is 19.8. The quantitative estimate of drug-likeness (QED) is 0.437. The summed E-state index contributed by atoms with van der Waals surface area (Å²) in [6.45, 7) is 2.16. The van der Waals surface area contributed by atoms with Gasteiger partial charge in [-0.2, -0.15) is 5.10 Å². The van der Waals surface area contributed by atoms with Crippen molar-refractivity contribution in [3.8, 4) is 28.0 Å². The normalized spacial score (nSPS) is 15.2. The van der Waals surface area contributed by atoms with Gasteiger partial charge in [-0.25, -0.2) is 17.9 Å². The summed E-state index contributed by atoms with van der Waals surface area (Å²) in [7, 11) is -3.28. The zero-order valence-corrected chi connectivity index (χ0v) is 18.3. The van der Waals surface area contributed by atoms with E-state index in [2.05, 4.69) is 17.0 Å². The fourth-order valence-electron chi connectivity index (χ4n) is 3.75. The van der Waals surface area contributed by atoms with Crippen molar-refractivity contribution in [1.29, 1.82) is 0 Å². The molecule has 0 bridgehead atoms. The molecule has 0 saturated heterocycles. The Balaban J connectivity index is 1.45. The first-order valence-corrected chi connectivity index (χ1v) is 12.2. The van der Waals surface area contributed by atoms with E-state index < -0.39 is 9.84 Å². The van der Waals surface area contributed by atoms with Crippen molar-refractivity contribution in [3.63, 3.8) is 0 Å². The molecule has 0 amide bonds. The van der Waals surface area contributed by atoms with E-state index in [4.69, 9.17) is 4.74 Å². The molecule has 7 heteroatoms. The minimum absolute atomic E-state index is 0.0435. The highest BCUT2D eigenvalue weighted by molar-refractivity contribution is 7.90. The fourth-order valence-corrected chi connectivity index (χ4v) is 4.42. The molecule has 6 nitrogen and oxygen atoms in total. The smallest absolute Gasteiger partial charge is 0.175 e. The number of fused-ring (bicyclic) bond motifs is 1. The maximum absolute atomic E-state index is 11.9. The van der Waals surface area contributed by atoms with E-state index >= 15 is 0 Å². The van der Waals surface area contributed by atoms with Crippen LogP contribution in [0.25, 0.3) is 27.9 Å². The van der Waals surface area contributed by atoms with Crippen LogP contribution in [0.2, 0.25) is 0 Å². The molecule has 1 saturated carbocycles. The Hall–Kier alpha value is -3.19. The SMILES string of the molecule is CCC1(Oc2ccc(-c3cnc4c(-c5cccc(S(C)(=O)=O)c5)cnn4c3)cc2)CC1. The van der Waals surface area contributed by atoms with Gasteiger partial charge in [0.1, 0.15) is 11.4 Å². The maximum atomic E-state index is 11.9. The second-order valence-corrected chi connectivity index (χ2v) is 10.1. The lowest BCUT2D eigenvalue weighted by atomic mass is 10.1. The van der Waals surface area contributed by atoms with Gasteiger partial charge in [-0.1, -0.05) is 31.2 Å². The molecule has 0 unspecified atom stereocenters. The molecule has 1 fully saturated rings. The number of sulfone groups is 1. The Labute approximate surface area is 181 Å². The number of ether oxygens (including phenoxy) is 1. The maximum Gasteiger partial charge on any atom is 0.175 e. The molecule has 0 N–H and O–H groups in total. The van der Waals surface area contributed by atoms with Gasteiger partial charge in [0.25, 0.3) is 0 Å². The van der Waals surface area contributed by atoms with Crippen molar-refractivity contribution < 1.29 is 13.2 Å². The molecule has 0 atom stereocenters. The molecule has 5 rings (SSSR count). The second kappa shape index (κ2) is 7.20. The third-order valence-electron chi connectivity index (χ3n) is 5.90. The Kier molecular flexibility index (Phi) is 4.59. The molecule has 2 aromatic carbocycles. The summed E-state index contributed by atoms with van der Waals surface area (Å²) < 4.78 is 31.6. The molecule has 1 aliphatic carbocycles. The van der Waals surface area contributed by atoms with Crippen LogP contribution in [0.3, 0.4) is 0 Å². The van der Waals surface area contributed by atoms with Gasteiger partial charge in [0.15, 0.2) is 15.5 Å². The highest BCUT2D eigenvalue weighted by Gasteiger charge is 2.43. The van der Waals surface area contributed by atoms with E-state index in [1.807, 2.05) is 42.7 Å². The molecule has 2 heterocycles. The Morgan fingerprint density at radius 1 is 1.03 bits per heavy atom.